The molecule has 2 heterocycles. The fourth-order valence-electron chi connectivity index (χ4n) is 1.06. The van der Waals surface area contributed by atoms with Gasteiger partial charge < -0.3 is 8.94 Å². The number of aryl methyl sites for hydroxylation is 1. The van der Waals surface area contributed by atoms with Gasteiger partial charge in [-0.25, -0.2) is 0 Å². The third-order valence-electron chi connectivity index (χ3n) is 1.68. The number of halogens is 1. The third kappa shape index (κ3) is 1.67. The van der Waals surface area contributed by atoms with Crippen molar-refractivity contribution >= 4 is 15.9 Å². The minimum atomic E-state index is 0.666. The summed E-state index contributed by atoms with van der Waals surface area (Å²) in [6, 6.07) is 5.63. The van der Waals surface area contributed by atoms with Crippen molar-refractivity contribution in [2.45, 2.75) is 12.3 Å². The fourth-order valence-corrected chi connectivity index (χ4v) is 1.33. The van der Waals surface area contributed by atoms with Gasteiger partial charge in [-0.2, -0.15) is 0 Å². The Bertz CT molecular complexity index is 405. The maximum absolute atomic E-state index is 5.39. The Labute approximate surface area is 83.8 Å². The second kappa shape index (κ2) is 3.38. The molecular weight excluding hydrogens is 234 g/mol. The highest BCUT2D eigenvalue weighted by Gasteiger charge is 2.08. The van der Waals surface area contributed by atoms with Crippen molar-refractivity contribution in [2.24, 2.45) is 0 Å². The number of hydrogen-bond donors (Lipinski definition) is 0. The topological polar surface area (TPSA) is 39.2 Å². The van der Waals surface area contributed by atoms with Gasteiger partial charge in [-0.3, -0.25) is 0 Å². The molecule has 0 fully saturated rings. The molecule has 3 nitrogen and oxygen atoms in total. The molecule has 0 saturated carbocycles. The molecule has 0 aliphatic heterocycles. The van der Waals surface area contributed by atoms with Gasteiger partial charge in [-0.15, -0.1) is 0 Å². The summed E-state index contributed by atoms with van der Waals surface area (Å²) in [4.78, 5) is 0. The zero-order valence-corrected chi connectivity index (χ0v) is 8.67. The van der Waals surface area contributed by atoms with E-state index in [9.17, 15) is 0 Å². The first-order valence-corrected chi connectivity index (χ1v) is 5.00. The Kier molecular flexibility index (Phi) is 2.22. The molecule has 0 aromatic carbocycles. The lowest BCUT2D eigenvalue weighted by atomic mass is 10.3. The van der Waals surface area contributed by atoms with Crippen LogP contribution in [0, 0.1) is 6.92 Å². The van der Waals surface area contributed by atoms with Crippen molar-refractivity contribution in [3.63, 3.8) is 0 Å². The highest BCUT2D eigenvalue weighted by Crippen LogP contribution is 2.22. The van der Waals surface area contributed by atoms with Crippen molar-refractivity contribution in [1.82, 2.24) is 5.16 Å². The summed E-state index contributed by atoms with van der Waals surface area (Å²) in [5, 5.41) is 4.54. The molecule has 13 heavy (non-hydrogen) atoms. The van der Waals surface area contributed by atoms with Crippen molar-refractivity contribution in [1.29, 1.82) is 0 Å². The predicted molar refractivity (Wildman–Crippen MR) is 51.6 cm³/mol. The van der Waals surface area contributed by atoms with Crippen molar-refractivity contribution in [2.75, 3.05) is 0 Å². The van der Waals surface area contributed by atoms with Crippen LogP contribution >= 0.6 is 15.9 Å². The molecule has 4 heteroatoms. The van der Waals surface area contributed by atoms with Crippen LogP contribution in [0.15, 0.2) is 27.1 Å². The first kappa shape index (κ1) is 8.56. The van der Waals surface area contributed by atoms with Crippen molar-refractivity contribution < 1.29 is 8.94 Å². The van der Waals surface area contributed by atoms with Gasteiger partial charge in [0.2, 0.25) is 0 Å². The molecule has 0 spiro atoms. The number of hydrogen-bond acceptors (Lipinski definition) is 3. The standard InChI is InChI=1S/C9H8BrNO2/c1-6-2-3-9(12-6)8-4-7(5-10)13-11-8/h2-4H,5H2,1H3. The van der Waals surface area contributed by atoms with Crippen LogP contribution in [0.3, 0.4) is 0 Å². The maximum Gasteiger partial charge on any atom is 0.156 e. The number of furan rings is 1. The first-order valence-electron chi connectivity index (χ1n) is 3.88. The van der Waals surface area contributed by atoms with Gasteiger partial charge >= 0.3 is 0 Å². The Morgan fingerprint density at radius 3 is 2.85 bits per heavy atom. The molecule has 2 aromatic heterocycles. The maximum atomic E-state index is 5.39. The number of rotatable bonds is 2. The molecule has 2 aromatic rings. The summed E-state index contributed by atoms with van der Waals surface area (Å²) in [7, 11) is 0. The lowest BCUT2D eigenvalue weighted by Crippen LogP contribution is -1.69. The Hall–Kier alpha value is -1.03. The SMILES string of the molecule is Cc1ccc(-c2cc(CBr)on2)o1. The third-order valence-corrected chi connectivity index (χ3v) is 2.24. The number of nitrogens with zero attached hydrogens (tertiary/aromatic N) is 1. The van der Waals surface area contributed by atoms with Gasteiger partial charge in [-0.1, -0.05) is 21.1 Å². The predicted octanol–water partition coefficient (Wildman–Crippen LogP) is 3.14. The van der Waals surface area contributed by atoms with E-state index in [0.29, 0.717) is 5.33 Å². The van der Waals surface area contributed by atoms with Crippen LogP contribution in [-0.2, 0) is 5.33 Å². The second-order valence-electron chi connectivity index (χ2n) is 2.72. The molecule has 68 valence electrons. The van der Waals surface area contributed by atoms with Crippen LogP contribution in [0.2, 0.25) is 0 Å². The number of aromatic nitrogens is 1. The van der Waals surface area contributed by atoms with E-state index in [2.05, 4.69) is 21.1 Å². The lowest BCUT2D eigenvalue weighted by molar-refractivity contribution is 0.395. The average Bonchev–Trinajstić information content (AvgIpc) is 2.71. The molecule has 0 amide bonds. The highest BCUT2D eigenvalue weighted by atomic mass is 79.9. The Morgan fingerprint density at radius 1 is 1.46 bits per heavy atom. The van der Waals surface area contributed by atoms with Crippen LogP contribution in [-0.4, -0.2) is 5.16 Å². The summed E-state index contributed by atoms with van der Waals surface area (Å²) in [6.07, 6.45) is 0. The summed E-state index contributed by atoms with van der Waals surface area (Å²) in [5.41, 5.74) is 0.738. The van der Waals surface area contributed by atoms with Gasteiger partial charge in [0.1, 0.15) is 17.2 Å². The average molecular weight is 242 g/mol. The smallest absolute Gasteiger partial charge is 0.156 e. The molecule has 0 aliphatic rings. The molecule has 2 rings (SSSR count). The van der Waals surface area contributed by atoms with Crippen LogP contribution < -0.4 is 0 Å². The Morgan fingerprint density at radius 2 is 2.31 bits per heavy atom. The van der Waals surface area contributed by atoms with Crippen LogP contribution in [0.4, 0.5) is 0 Å². The van der Waals surface area contributed by atoms with E-state index in [1.807, 2.05) is 25.1 Å². The largest absolute Gasteiger partial charge is 0.460 e. The zero-order chi connectivity index (χ0) is 9.26. The molecule has 0 bridgehead atoms. The van der Waals surface area contributed by atoms with E-state index >= 15 is 0 Å². The molecule has 0 aliphatic carbocycles. The van der Waals surface area contributed by atoms with Crippen LogP contribution in [0.1, 0.15) is 11.5 Å². The first-order chi connectivity index (χ1) is 6.29. The van der Waals surface area contributed by atoms with Gasteiger partial charge in [0.05, 0.1) is 5.33 Å². The summed E-state index contributed by atoms with van der Waals surface area (Å²) in [5.74, 6) is 2.41. The minimum absolute atomic E-state index is 0.666. The Balaban J connectivity index is 2.35. The molecular formula is C9H8BrNO2. The minimum Gasteiger partial charge on any atom is -0.460 e. The second-order valence-corrected chi connectivity index (χ2v) is 3.28. The molecule has 0 atom stereocenters. The normalized spacial score (nSPS) is 10.6. The van der Waals surface area contributed by atoms with Crippen LogP contribution in [0.5, 0.6) is 0 Å². The summed E-state index contributed by atoms with van der Waals surface area (Å²) >= 11 is 3.28. The van der Waals surface area contributed by atoms with Gasteiger partial charge in [0, 0.05) is 6.07 Å². The van der Waals surface area contributed by atoms with E-state index < -0.39 is 0 Å². The van der Waals surface area contributed by atoms with Crippen molar-refractivity contribution in [3.05, 3.63) is 29.7 Å². The monoisotopic (exact) mass is 241 g/mol. The van der Waals surface area contributed by atoms with E-state index in [1.165, 1.54) is 0 Å². The highest BCUT2D eigenvalue weighted by molar-refractivity contribution is 9.08. The molecule has 0 radical (unpaired) electrons. The molecule has 0 N–H and O–H groups in total. The quantitative estimate of drug-likeness (QED) is 0.759. The summed E-state index contributed by atoms with van der Waals surface area (Å²) in [6.45, 7) is 1.90. The molecule has 0 unspecified atom stereocenters. The van der Waals surface area contributed by atoms with E-state index in [-0.39, 0.29) is 0 Å². The zero-order valence-electron chi connectivity index (χ0n) is 7.08. The number of alkyl halides is 1. The van der Waals surface area contributed by atoms with Gasteiger partial charge in [0.25, 0.3) is 0 Å². The van der Waals surface area contributed by atoms with Crippen molar-refractivity contribution in [3.8, 4) is 11.5 Å². The van der Waals surface area contributed by atoms with E-state index in [4.69, 9.17) is 8.94 Å². The van der Waals surface area contributed by atoms with Gasteiger partial charge in [-0.05, 0) is 19.1 Å². The fraction of sp³-hybridized carbons (Fsp3) is 0.222. The van der Waals surface area contributed by atoms with Crippen LogP contribution in [0.25, 0.3) is 11.5 Å². The van der Waals surface area contributed by atoms with E-state index in [1.54, 1.807) is 0 Å². The van der Waals surface area contributed by atoms with E-state index in [0.717, 1.165) is 23.0 Å². The van der Waals surface area contributed by atoms with Gasteiger partial charge in [0.15, 0.2) is 5.76 Å². The summed E-state index contributed by atoms with van der Waals surface area (Å²) < 4.78 is 10.4. The lowest BCUT2D eigenvalue weighted by Gasteiger charge is -1.84. The molecule has 0 saturated heterocycles.